The van der Waals surface area contributed by atoms with Crippen molar-refractivity contribution in [1.82, 2.24) is 15.5 Å². The molecule has 13 nitrogen and oxygen atoms in total. The maximum absolute atomic E-state index is 14.1. The number of nitro groups is 2. The topological polar surface area (TPSA) is 192 Å². The van der Waals surface area contributed by atoms with Crippen molar-refractivity contribution in [1.29, 1.82) is 0 Å². The molecule has 4 atom stereocenters. The number of amides is 1. The van der Waals surface area contributed by atoms with Crippen molar-refractivity contribution in [2.75, 3.05) is 26.2 Å². The van der Waals surface area contributed by atoms with Crippen molar-refractivity contribution in [3.63, 3.8) is 0 Å². The van der Waals surface area contributed by atoms with E-state index in [0.29, 0.717) is 39.0 Å². The van der Waals surface area contributed by atoms with Gasteiger partial charge in [-0.2, -0.15) is 0 Å². The van der Waals surface area contributed by atoms with Crippen LogP contribution in [0.1, 0.15) is 71.4 Å². The van der Waals surface area contributed by atoms with Gasteiger partial charge in [-0.15, -0.1) is 0 Å². The van der Waals surface area contributed by atoms with Crippen molar-refractivity contribution in [3.05, 3.63) is 79.9 Å². The van der Waals surface area contributed by atoms with Crippen molar-refractivity contribution in [2.45, 2.75) is 103 Å². The van der Waals surface area contributed by atoms with Crippen molar-refractivity contribution in [3.8, 4) is 0 Å². The Labute approximate surface area is 272 Å². The third kappa shape index (κ3) is 13.8. The summed E-state index contributed by atoms with van der Waals surface area (Å²) in [5.74, 6) is 0. The first kappa shape index (κ1) is 38.5. The molecule has 0 spiro atoms. The van der Waals surface area contributed by atoms with Crippen molar-refractivity contribution >= 4 is 17.5 Å². The molecule has 2 aromatic rings. The highest BCUT2D eigenvalue weighted by Crippen LogP contribution is 2.22. The van der Waals surface area contributed by atoms with Crippen molar-refractivity contribution in [2.24, 2.45) is 11.5 Å². The number of nitro benzene ring substituents is 2. The summed E-state index contributed by atoms with van der Waals surface area (Å²) in [6.07, 6.45) is 3.54. The van der Waals surface area contributed by atoms with Gasteiger partial charge in [0.25, 0.3) is 11.4 Å². The lowest BCUT2D eigenvalue weighted by atomic mass is 9.98. The summed E-state index contributed by atoms with van der Waals surface area (Å²) in [5, 5.41) is 29.5. The molecule has 0 aliphatic heterocycles. The molecule has 0 aromatic heterocycles. The molecule has 0 saturated carbocycles. The molecule has 2 rings (SSSR count). The molecule has 1 amide bonds. The van der Waals surface area contributed by atoms with E-state index in [0.717, 1.165) is 36.8 Å². The van der Waals surface area contributed by atoms with Gasteiger partial charge < -0.3 is 26.8 Å². The zero-order chi connectivity index (χ0) is 34.3. The number of hydrogen-bond donors (Lipinski definition) is 4. The molecule has 0 bridgehead atoms. The summed E-state index contributed by atoms with van der Waals surface area (Å²) in [4.78, 5) is 37.6. The summed E-state index contributed by atoms with van der Waals surface area (Å²) in [7, 11) is 0. The van der Waals surface area contributed by atoms with Crippen LogP contribution in [0.2, 0.25) is 0 Å². The lowest BCUT2D eigenvalue weighted by molar-refractivity contribution is -0.385. The molecule has 0 aliphatic carbocycles. The molecule has 0 fully saturated rings. The highest BCUT2D eigenvalue weighted by molar-refractivity contribution is 5.69. The number of benzene rings is 2. The van der Waals surface area contributed by atoms with E-state index in [-0.39, 0.29) is 23.5 Å². The normalized spacial score (nSPS) is 14.2. The Morgan fingerprint density at radius 3 is 1.46 bits per heavy atom. The number of nitrogens with two attached hydrogens (primary N) is 2. The molecule has 0 heterocycles. The number of nitrogens with zero attached hydrogens (tertiary/aromatic N) is 3. The smallest absolute Gasteiger partial charge is 0.410 e. The lowest BCUT2D eigenvalue weighted by Gasteiger charge is -2.40. The SMILES string of the molecule is CCC(N)CCNCC(Cc1ccc([N+](=O)[O-])cc1)N(C(=O)OC(C)(C)C)C(CNCCC(N)CC)Cc1ccc([N+](=O)[O-])cc1. The Bertz CT molecular complexity index is 1140. The number of ether oxygens (including phenoxy) is 1. The van der Waals surface area contributed by atoms with Gasteiger partial charge in [-0.25, -0.2) is 4.79 Å². The van der Waals surface area contributed by atoms with Crippen LogP contribution in [-0.4, -0.2) is 76.8 Å². The minimum atomic E-state index is -0.770. The second-order valence-electron chi connectivity index (χ2n) is 12.8. The average molecular weight is 644 g/mol. The maximum Gasteiger partial charge on any atom is 0.410 e. The molecule has 256 valence electrons. The molecule has 0 radical (unpaired) electrons. The third-order valence-electron chi connectivity index (χ3n) is 7.82. The fourth-order valence-corrected chi connectivity index (χ4v) is 5.02. The molecule has 6 N–H and O–H groups in total. The molecule has 0 saturated heterocycles. The first-order chi connectivity index (χ1) is 21.7. The van der Waals surface area contributed by atoms with Crippen LogP contribution in [0.3, 0.4) is 0 Å². The molecular weight excluding hydrogens is 590 g/mol. The van der Waals surface area contributed by atoms with E-state index in [2.05, 4.69) is 10.6 Å². The van der Waals surface area contributed by atoms with Crippen LogP contribution in [0.4, 0.5) is 16.2 Å². The second-order valence-corrected chi connectivity index (χ2v) is 12.8. The zero-order valence-corrected chi connectivity index (χ0v) is 27.9. The number of carbonyl (C=O) groups excluding carboxylic acids is 1. The van der Waals surface area contributed by atoms with Gasteiger partial charge in [0, 0.05) is 49.4 Å². The standard InChI is InChI=1S/C33H53N7O6/c1-6-26(34)16-18-36-22-30(20-24-8-12-28(13-9-24)39(42)43)38(32(41)46-33(3,4)5)31(23-37-19-17-27(35)7-2)21-25-10-14-29(15-11-25)40(44)45/h8-15,26-27,30-31,36-37H,6-7,16-23,34-35H2,1-5H3. The van der Waals surface area contributed by atoms with Crippen LogP contribution in [0, 0.1) is 20.2 Å². The van der Waals surface area contributed by atoms with E-state index in [4.69, 9.17) is 16.2 Å². The van der Waals surface area contributed by atoms with Crippen LogP contribution in [0.25, 0.3) is 0 Å². The van der Waals surface area contributed by atoms with Gasteiger partial charge in [-0.1, -0.05) is 38.1 Å². The molecule has 2 aromatic carbocycles. The first-order valence-corrected chi connectivity index (χ1v) is 16.1. The van der Waals surface area contributed by atoms with E-state index in [1.165, 1.54) is 24.3 Å². The first-order valence-electron chi connectivity index (χ1n) is 16.1. The van der Waals surface area contributed by atoms with Gasteiger partial charge in [0.1, 0.15) is 5.60 Å². The predicted octanol–water partition coefficient (Wildman–Crippen LogP) is 4.70. The molecule has 13 heteroatoms. The third-order valence-corrected chi connectivity index (χ3v) is 7.82. The van der Waals surface area contributed by atoms with Gasteiger partial charge in [0.05, 0.1) is 21.9 Å². The van der Waals surface area contributed by atoms with Crippen LogP contribution < -0.4 is 22.1 Å². The number of rotatable bonds is 20. The Hall–Kier alpha value is -3.65. The van der Waals surface area contributed by atoms with Gasteiger partial charge in [0.2, 0.25) is 0 Å². The van der Waals surface area contributed by atoms with Crippen LogP contribution in [-0.2, 0) is 17.6 Å². The van der Waals surface area contributed by atoms with Crippen LogP contribution in [0.5, 0.6) is 0 Å². The summed E-state index contributed by atoms with van der Waals surface area (Å²) < 4.78 is 5.98. The molecule has 4 unspecified atom stereocenters. The Kier molecular flexibility index (Phi) is 16.0. The quantitative estimate of drug-likeness (QED) is 0.0893. The average Bonchev–Trinajstić information content (AvgIpc) is 3.00. The van der Waals surface area contributed by atoms with Gasteiger partial charge >= 0.3 is 6.09 Å². The minimum Gasteiger partial charge on any atom is -0.444 e. The van der Waals surface area contributed by atoms with E-state index in [1.807, 2.05) is 34.6 Å². The fourth-order valence-electron chi connectivity index (χ4n) is 5.02. The molecular formula is C33H53N7O6. The van der Waals surface area contributed by atoms with E-state index >= 15 is 0 Å². The van der Waals surface area contributed by atoms with Gasteiger partial charge in [-0.05, 0) is 83.5 Å². The van der Waals surface area contributed by atoms with E-state index in [9.17, 15) is 25.0 Å². The molecule has 0 aliphatic rings. The van der Waals surface area contributed by atoms with Gasteiger partial charge in [0.15, 0.2) is 0 Å². The van der Waals surface area contributed by atoms with Crippen molar-refractivity contribution < 1.29 is 19.4 Å². The lowest BCUT2D eigenvalue weighted by Crippen LogP contribution is -2.57. The number of carbonyl (C=O) groups is 1. The Morgan fingerprint density at radius 1 is 0.783 bits per heavy atom. The minimum absolute atomic E-state index is 0.0125. The predicted molar refractivity (Wildman–Crippen MR) is 181 cm³/mol. The Balaban J connectivity index is 2.53. The van der Waals surface area contributed by atoms with E-state index in [1.54, 1.807) is 29.2 Å². The number of nitrogens with one attached hydrogen (secondary N) is 2. The summed E-state index contributed by atoms with van der Waals surface area (Å²) in [6, 6.07) is 12.0. The molecule has 46 heavy (non-hydrogen) atoms. The number of non-ortho nitro benzene ring substituents is 2. The highest BCUT2D eigenvalue weighted by atomic mass is 16.6. The number of hydrogen-bond acceptors (Lipinski definition) is 10. The van der Waals surface area contributed by atoms with Crippen LogP contribution in [0.15, 0.2) is 48.5 Å². The van der Waals surface area contributed by atoms with E-state index < -0.39 is 33.6 Å². The summed E-state index contributed by atoms with van der Waals surface area (Å²) >= 11 is 0. The highest BCUT2D eigenvalue weighted by Gasteiger charge is 2.34. The van der Waals surface area contributed by atoms with Crippen LogP contribution >= 0.6 is 0 Å². The Morgan fingerprint density at radius 2 is 1.15 bits per heavy atom. The zero-order valence-electron chi connectivity index (χ0n) is 27.9. The summed E-state index contributed by atoms with van der Waals surface area (Å²) in [6.45, 7) is 11.7. The summed E-state index contributed by atoms with van der Waals surface area (Å²) in [5.41, 5.74) is 13.2. The van der Waals surface area contributed by atoms with Gasteiger partial charge in [-0.3, -0.25) is 25.1 Å². The maximum atomic E-state index is 14.1. The largest absolute Gasteiger partial charge is 0.444 e. The fraction of sp³-hybridized carbons (Fsp3) is 0.606. The monoisotopic (exact) mass is 643 g/mol. The second kappa shape index (κ2) is 19.1.